The van der Waals surface area contributed by atoms with E-state index < -0.39 is 6.04 Å². The smallest absolute Gasteiger partial charge is 0.237 e. The van der Waals surface area contributed by atoms with Gasteiger partial charge in [0.2, 0.25) is 5.91 Å². The molecule has 0 radical (unpaired) electrons. The van der Waals surface area contributed by atoms with Crippen LogP contribution in [0.25, 0.3) is 0 Å². The maximum Gasteiger partial charge on any atom is 0.237 e. The molecule has 88 valence electrons. The van der Waals surface area contributed by atoms with E-state index in [-0.39, 0.29) is 5.91 Å². The fraction of sp³-hybridized carbons (Fsp3) is 0.500. The van der Waals surface area contributed by atoms with Gasteiger partial charge in [0.1, 0.15) is 0 Å². The highest BCUT2D eigenvalue weighted by molar-refractivity contribution is 5.81. The third-order valence-electron chi connectivity index (χ3n) is 2.33. The molecule has 3 N–H and O–H groups in total. The topological polar surface area (TPSA) is 68.0 Å². The summed E-state index contributed by atoms with van der Waals surface area (Å²) >= 11 is 0. The second kappa shape index (κ2) is 6.23. The molecule has 0 spiro atoms. The van der Waals surface area contributed by atoms with Gasteiger partial charge in [0.05, 0.1) is 18.3 Å². The van der Waals surface area contributed by atoms with Crippen LogP contribution in [0.5, 0.6) is 0 Å². The molecule has 0 aromatic carbocycles. The molecule has 0 aliphatic heterocycles. The average molecular weight is 221 g/mol. The van der Waals surface area contributed by atoms with Crippen LogP contribution in [-0.2, 0) is 11.3 Å². The van der Waals surface area contributed by atoms with Crippen molar-refractivity contribution in [1.82, 2.24) is 10.3 Å². The third-order valence-corrected chi connectivity index (χ3v) is 2.33. The van der Waals surface area contributed by atoms with Crippen LogP contribution in [0.4, 0.5) is 0 Å². The molecule has 4 heteroatoms. The maximum atomic E-state index is 11.5. The molecule has 1 aromatic heterocycles. The molecule has 0 unspecified atom stereocenters. The lowest BCUT2D eigenvalue weighted by Gasteiger charge is -2.10. The van der Waals surface area contributed by atoms with Crippen molar-refractivity contribution in [2.24, 2.45) is 5.73 Å². The summed E-state index contributed by atoms with van der Waals surface area (Å²) in [7, 11) is 0. The van der Waals surface area contributed by atoms with E-state index in [4.69, 9.17) is 5.73 Å². The second-order valence-electron chi connectivity index (χ2n) is 3.88. The summed E-state index contributed by atoms with van der Waals surface area (Å²) in [6, 6.07) is 5.33. The Hall–Kier alpha value is -1.42. The van der Waals surface area contributed by atoms with Crippen molar-refractivity contribution >= 4 is 5.91 Å². The van der Waals surface area contributed by atoms with Crippen molar-refractivity contribution < 1.29 is 4.79 Å². The van der Waals surface area contributed by atoms with Crippen LogP contribution in [0.2, 0.25) is 0 Å². The summed E-state index contributed by atoms with van der Waals surface area (Å²) < 4.78 is 0. The highest BCUT2D eigenvalue weighted by atomic mass is 16.2. The molecule has 16 heavy (non-hydrogen) atoms. The predicted octanol–water partition coefficient (Wildman–Crippen LogP) is 1.13. The molecular formula is C12H19N3O. The van der Waals surface area contributed by atoms with Gasteiger partial charge in [0.15, 0.2) is 0 Å². The van der Waals surface area contributed by atoms with Crippen molar-refractivity contribution in [3.63, 3.8) is 0 Å². The maximum absolute atomic E-state index is 11.5. The number of aryl methyl sites for hydroxylation is 1. The standard InChI is InChI=1S/C12H19N3O/c1-3-5-11(13)12(16)14-8-10-7-4-6-9(2)15-10/h4,6-7,11H,3,5,8,13H2,1-2H3,(H,14,16)/t11-/m1/s1. The predicted molar refractivity (Wildman–Crippen MR) is 63.7 cm³/mol. The summed E-state index contributed by atoms with van der Waals surface area (Å²) in [5.74, 6) is -0.106. The Morgan fingerprint density at radius 1 is 1.56 bits per heavy atom. The van der Waals surface area contributed by atoms with Gasteiger partial charge in [-0.15, -0.1) is 0 Å². The molecule has 0 fully saturated rings. The van der Waals surface area contributed by atoms with E-state index >= 15 is 0 Å². The highest BCUT2D eigenvalue weighted by Gasteiger charge is 2.11. The number of nitrogens with one attached hydrogen (secondary N) is 1. The average Bonchev–Trinajstić information content (AvgIpc) is 2.26. The van der Waals surface area contributed by atoms with Crippen molar-refractivity contribution in [1.29, 1.82) is 0 Å². The summed E-state index contributed by atoms with van der Waals surface area (Å²) in [6.07, 6.45) is 1.63. The molecule has 1 heterocycles. The van der Waals surface area contributed by atoms with E-state index in [9.17, 15) is 4.79 Å². The van der Waals surface area contributed by atoms with Gasteiger partial charge in [-0.05, 0) is 25.5 Å². The van der Waals surface area contributed by atoms with Crippen LogP contribution in [-0.4, -0.2) is 16.9 Å². The second-order valence-corrected chi connectivity index (χ2v) is 3.88. The summed E-state index contributed by atoms with van der Waals surface area (Å²) in [6.45, 7) is 4.38. The first-order chi connectivity index (χ1) is 7.63. The van der Waals surface area contributed by atoms with Gasteiger partial charge in [-0.3, -0.25) is 9.78 Å². The summed E-state index contributed by atoms with van der Waals surface area (Å²) in [5, 5.41) is 2.78. The Bertz CT molecular complexity index is 352. The van der Waals surface area contributed by atoms with Gasteiger partial charge in [-0.25, -0.2) is 0 Å². The molecule has 1 atom stereocenters. The number of rotatable bonds is 5. The Balaban J connectivity index is 2.42. The number of amides is 1. The Kier molecular flexibility index (Phi) is 4.92. The summed E-state index contributed by atoms with van der Waals surface area (Å²) in [4.78, 5) is 15.8. The van der Waals surface area contributed by atoms with Gasteiger partial charge < -0.3 is 11.1 Å². The first kappa shape index (κ1) is 12.6. The quantitative estimate of drug-likeness (QED) is 0.783. The number of hydrogen-bond acceptors (Lipinski definition) is 3. The Morgan fingerprint density at radius 3 is 2.94 bits per heavy atom. The van der Waals surface area contributed by atoms with E-state index in [0.29, 0.717) is 13.0 Å². The normalized spacial score (nSPS) is 12.2. The number of hydrogen-bond donors (Lipinski definition) is 2. The first-order valence-electron chi connectivity index (χ1n) is 5.59. The van der Waals surface area contributed by atoms with Crippen molar-refractivity contribution in [3.8, 4) is 0 Å². The van der Waals surface area contributed by atoms with Crippen LogP contribution in [0.1, 0.15) is 31.2 Å². The van der Waals surface area contributed by atoms with Gasteiger partial charge in [0, 0.05) is 5.69 Å². The number of pyridine rings is 1. The largest absolute Gasteiger partial charge is 0.349 e. The lowest BCUT2D eigenvalue weighted by atomic mass is 10.1. The molecule has 0 bridgehead atoms. The number of carbonyl (C=O) groups is 1. The molecular weight excluding hydrogens is 202 g/mol. The lowest BCUT2D eigenvalue weighted by Crippen LogP contribution is -2.40. The SMILES string of the molecule is CCC[C@@H](N)C(=O)NCc1cccc(C)n1. The van der Waals surface area contributed by atoms with Crippen LogP contribution in [0.15, 0.2) is 18.2 Å². The molecule has 0 saturated heterocycles. The van der Waals surface area contributed by atoms with Gasteiger partial charge in [-0.1, -0.05) is 19.4 Å². The molecule has 0 aliphatic rings. The van der Waals surface area contributed by atoms with E-state index in [0.717, 1.165) is 17.8 Å². The van der Waals surface area contributed by atoms with Crippen molar-refractivity contribution in [3.05, 3.63) is 29.6 Å². The van der Waals surface area contributed by atoms with Crippen molar-refractivity contribution in [2.45, 2.75) is 39.3 Å². The number of nitrogens with two attached hydrogens (primary N) is 1. The fourth-order valence-electron chi connectivity index (χ4n) is 1.45. The van der Waals surface area contributed by atoms with Crippen molar-refractivity contribution in [2.75, 3.05) is 0 Å². The minimum atomic E-state index is -0.408. The number of nitrogens with zero attached hydrogens (tertiary/aromatic N) is 1. The van der Waals surface area contributed by atoms with E-state index in [1.165, 1.54) is 0 Å². The fourth-order valence-corrected chi connectivity index (χ4v) is 1.45. The van der Waals surface area contributed by atoms with Crippen LogP contribution < -0.4 is 11.1 Å². The van der Waals surface area contributed by atoms with E-state index in [1.54, 1.807) is 0 Å². The molecule has 0 saturated carbocycles. The zero-order valence-corrected chi connectivity index (χ0v) is 9.86. The van der Waals surface area contributed by atoms with Crippen LogP contribution in [0, 0.1) is 6.92 Å². The van der Waals surface area contributed by atoms with E-state index in [1.807, 2.05) is 32.0 Å². The van der Waals surface area contributed by atoms with Gasteiger partial charge in [-0.2, -0.15) is 0 Å². The van der Waals surface area contributed by atoms with Crippen LogP contribution >= 0.6 is 0 Å². The third kappa shape index (κ3) is 3.98. The highest BCUT2D eigenvalue weighted by Crippen LogP contribution is 1.98. The van der Waals surface area contributed by atoms with Crippen LogP contribution in [0.3, 0.4) is 0 Å². The molecule has 1 aromatic rings. The zero-order valence-electron chi connectivity index (χ0n) is 9.86. The zero-order chi connectivity index (χ0) is 12.0. The van der Waals surface area contributed by atoms with Gasteiger partial charge in [0.25, 0.3) is 0 Å². The molecule has 0 aliphatic carbocycles. The molecule has 1 amide bonds. The monoisotopic (exact) mass is 221 g/mol. The van der Waals surface area contributed by atoms with Gasteiger partial charge >= 0.3 is 0 Å². The Morgan fingerprint density at radius 2 is 2.31 bits per heavy atom. The molecule has 1 rings (SSSR count). The first-order valence-corrected chi connectivity index (χ1v) is 5.59. The Labute approximate surface area is 96.3 Å². The minimum Gasteiger partial charge on any atom is -0.349 e. The summed E-state index contributed by atoms with van der Waals surface area (Å²) in [5.41, 5.74) is 7.50. The minimum absolute atomic E-state index is 0.106. The number of aromatic nitrogens is 1. The van der Waals surface area contributed by atoms with E-state index in [2.05, 4.69) is 10.3 Å². The molecule has 4 nitrogen and oxygen atoms in total. The number of carbonyl (C=O) groups excluding carboxylic acids is 1. The lowest BCUT2D eigenvalue weighted by molar-refractivity contribution is -0.122.